The number of carbonyl (C=O) groups is 2. The summed E-state index contributed by atoms with van der Waals surface area (Å²) in [6.45, 7) is 8.43. The fraction of sp³-hybridized carbons (Fsp3) is 0.389. The van der Waals surface area contributed by atoms with Crippen LogP contribution < -0.4 is 0 Å². The second kappa shape index (κ2) is 9.35. The molecule has 0 amide bonds. The highest BCUT2D eigenvalue weighted by Gasteiger charge is 2.16. The minimum atomic E-state index is -0.418. The van der Waals surface area contributed by atoms with Crippen LogP contribution in [0.1, 0.15) is 41.6 Å². The molecule has 1 aromatic heterocycles. The first-order valence-electron chi connectivity index (χ1n) is 7.87. The number of carbonyl (C=O) groups excluding carboxylic acids is 2. The molecule has 130 valence electrons. The molecule has 24 heavy (non-hydrogen) atoms. The monoisotopic (exact) mass is 350 g/mol. The van der Waals surface area contributed by atoms with Crippen molar-refractivity contribution in [2.24, 2.45) is 0 Å². The summed E-state index contributed by atoms with van der Waals surface area (Å²) in [6.07, 6.45) is 0. The molecule has 6 heteroatoms. The summed E-state index contributed by atoms with van der Waals surface area (Å²) in [5.41, 5.74) is 1.29. The van der Waals surface area contributed by atoms with Gasteiger partial charge < -0.3 is 9.64 Å². The predicted molar refractivity (Wildman–Crippen MR) is 97.1 cm³/mol. The maximum absolute atomic E-state index is 12.4. The smallest absolute Gasteiger partial charge is 0.338 e. The van der Waals surface area contributed by atoms with Gasteiger partial charge in [-0.05, 0) is 25.2 Å². The standard InChI is InChI=1S/C18H22N2O3.ClH/c1-4-20(5-2)10-11-23-18(22)15-12-17(13(3)21)19-16-9-7-6-8-14(15)16;/h6-9,12H,4-5,10-11H2,1-3H3;1H. The Morgan fingerprint density at radius 2 is 1.83 bits per heavy atom. The summed E-state index contributed by atoms with van der Waals surface area (Å²) < 4.78 is 5.39. The molecular formula is C18H23ClN2O3. The number of fused-ring (bicyclic) bond motifs is 1. The SMILES string of the molecule is CCN(CC)CCOC(=O)c1cc(C(C)=O)nc2ccccc12.Cl. The van der Waals surface area contributed by atoms with E-state index in [1.807, 2.05) is 18.2 Å². The van der Waals surface area contributed by atoms with Crippen molar-refractivity contribution in [2.75, 3.05) is 26.2 Å². The number of ether oxygens (including phenoxy) is 1. The minimum absolute atomic E-state index is 0. The lowest BCUT2D eigenvalue weighted by Gasteiger charge is -2.17. The Labute approximate surface area is 148 Å². The fourth-order valence-electron chi connectivity index (χ4n) is 2.41. The summed E-state index contributed by atoms with van der Waals surface area (Å²) >= 11 is 0. The average Bonchev–Trinajstić information content (AvgIpc) is 2.57. The normalized spacial score (nSPS) is 10.5. The van der Waals surface area contributed by atoms with Crippen LogP contribution in [-0.4, -0.2) is 47.9 Å². The van der Waals surface area contributed by atoms with Crippen molar-refractivity contribution in [3.05, 3.63) is 41.6 Å². The van der Waals surface area contributed by atoms with Crippen molar-refractivity contribution in [1.29, 1.82) is 0 Å². The van der Waals surface area contributed by atoms with Crippen molar-refractivity contribution in [3.8, 4) is 0 Å². The van der Waals surface area contributed by atoms with Crippen LogP contribution in [0, 0.1) is 0 Å². The van der Waals surface area contributed by atoms with E-state index in [4.69, 9.17) is 4.74 Å². The van der Waals surface area contributed by atoms with Crippen molar-refractivity contribution >= 4 is 35.1 Å². The molecule has 0 aliphatic carbocycles. The molecule has 0 aliphatic heterocycles. The Kier molecular flexibility index (Phi) is 7.82. The molecule has 2 aromatic rings. The number of hydrogen-bond acceptors (Lipinski definition) is 5. The van der Waals surface area contributed by atoms with E-state index in [-0.39, 0.29) is 23.9 Å². The van der Waals surface area contributed by atoms with E-state index < -0.39 is 5.97 Å². The number of rotatable bonds is 7. The van der Waals surface area contributed by atoms with Crippen LogP contribution in [0.4, 0.5) is 0 Å². The number of esters is 1. The first kappa shape index (κ1) is 20.1. The van der Waals surface area contributed by atoms with Crippen molar-refractivity contribution in [1.82, 2.24) is 9.88 Å². The number of hydrogen-bond donors (Lipinski definition) is 0. The maximum Gasteiger partial charge on any atom is 0.338 e. The van der Waals surface area contributed by atoms with Gasteiger partial charge in [0.15, 0.2) is 5.78 Å². The zero-order valence-electron chi connectivity index (χ0n) is 14.2. The van der Waals surface area contributed by atoms with Crippen molar-refractivity contribution in [2.45, 2.75) is 20.8 Å². The Morgan fingerprint density at radius 1 is 1.17 bits per heavy atom. The number of halogens is 1. The Balaban J connectivity index is 0.00000288. The molecule has 1 aromatic carbocycles. The molecule has 2 rings (SSSR count). The molecule has 0 saturated carbocycles. The van der Waals surface area contributed by atoms with E-state index in [0.29, 0.717) is 29.6 Å². The summed E-state index contributed by atoms with van der Waals surface area (Å²) in [6, 6.07) is 8.78. The molecule has 0 fully saturated rings. The van der Waals surface area contributed by atoms with E-state index in [2.05, 4.69) is 23.7 Å². The summed E-state index contributed by atoms with van der Waals surface area (Å²) in [4.78, 5) is 30.5. The molecule has 0 spiro atoms. The molecular weight excluding hydrogens is 328 g/mol. The number of aromatic nitrogens is 1. The van der Waals surface area contributed by atoms with E-state index in [1.165, 1.54) is 13.0 Å². The van der Waals surface area contributed by atoms with E-state index in [0.717, 1.165) is 13.1 Å². The number of benzene rings is 1. The van der Waals surface area contributed by atoms with Crippen LogP contribution in [0.3, 0.4) is 0 Å². The summed E-state index contributed by atoms with van der Waals surface area (Å²) in [5.74, 6) is -0.591. The number of para-hydroxylation sites is 1. The predicted octanol–water partition coefficient (Wildman–Crippen LogP) is 3.36. The first-order chi connectivity index (χ1) is 11.1. The molecule has 0 atom stereocenters. The summed E-state index contributed by atoms with van der Waals surface area (Å²) in [5, 5.41) is 0.699. The number of ketones is 1. The zero-order valence-corrected chi connectivity index (χ0v) is 15.1. The van der Waals surface area contributed by atoms with Gasteiger partial charge in [-0.3, -0.25) is 4.79 Å². The maximum atomic E-state index is 12.4. The third-order valence-electron chi connectivity index (χ3n) is 3.83. The van der Waals surface area contributed by atoms with Crippen LogP contribution in [-0.2, 0) is 4.74 Å². The topological polar surface area (TPSA) is 59.5 Å². The van der Waals surface area contributed by atoms with Gasteiger partial charge in [0.25, 0.3) is 0 Å². The van der Waals surface area contributed by atoms with Gasteiger partial charge in [0.2, 0.25) is 0 Å². The number of Topliss-reactive ketones (excluding diaryl/α,β-unsaturated/α-hetero) is 1. The first-order valence-corrected chi connectivity index (χ1v) is 7.87. The van der Waals surface area contributed by atoms with Crippen LogP contribution in [0.2, 0.25) is 0 Å². The molecule has 1 heterocycles. The molecule has 0 radical (unpaired) electrons. The molecule has 5 nitrogen and oxygen atoms in total. The largest absolute Gasteiger partial charge is 0.461 e. The van der Waals surface area contributed by atoms with Crippen molar-refractivity contribution in [3.63, 3.8) is 0 Å². The van der Waals surface area contributed by atoms with Gasteiger partial charge in [0.05, 0.1) is 11.1 Å². The highest BCUT2D eigenvalue weighted by molar-refractivity contribution is 6.06. The minimum Gasteiger partial charge on any atom is -0.461 e. The van der Waals surface area contributed by atoms with Crippen LogP contribution in [0.15, 0.2) is 30.3 Å². The average molecular weight is 351 g/mol. The van der Waals surface area contributed by atoms with Crippen LogP contribution in [0.25, 0.3) is 10.9 Å². The van der Waals surface area contributed by atoms with Crippen LogP contribution in [0.5, 0.6) is 0 Å². The molecule has 0 unspecified atom stereocenters. The third kappa shape index (κ3) is 4.76. The highest BCUT2D eigenvalue weighted by Crippen LogP contribution is 2.19. The van der Waals surface area contributed by atoms with E-state index >= 15 is 0 Å². The van der Waals surface area contributed by atoms with E-state index in [9.17, 15) is 9.59 Å². The number of pyridine rings is 1. The fourth-order valence-corrected chi connectivity index (χ4v) is 2.41. The number of likely N-dealkylation sites (N-methyl/N-ethyl adjacent to an activating group) is 1. The Hall–Kier alpha value is -1.98. The molecule has 0 aliphatic rings. The summed E-state index contributed by atoms with van der Waals surface area (Å²) in [7, 11) is 0. The lowest BCUT2D eigenvalue weighted by atomic mass is 10.1. The van der Waals surface area contributed by atoms with Gasteiger partial charge in [-0.2, -0.15) is 0 Å². The van der Waals surface area contributed by atoms with E-state index in [1.54, 1.807) is 6.07 Å². The third-order valence-corrected chi connectivity index (χ3v) is 3.83. The highest BCUT2D eigenvalue weighted by atomic mass is 35.5. The van der Waals surface area contributed by atoms with Crippen LogP contribution >= 0.6 is 12.4 Å². The lowest BCUT2D eigenvalue weighted by Crippen LogP contribution is -2.28. The number of nitrogens with zero attached hydrogens (tertiary/aromatic N) is 2. The Morgan fingerprint density at radius 3 is 2.46 bits per heavy atom. The molecule has 0 N–H and O–H groups in total. The second-order valence-corrected chi connectivity index (χ2v) is 5.29. The van der Waals surface area contributed by atoms with Gasteiger partial charge in [0.1, 0.15) is 12.3 Å². The van der Waals surface area contributed by atoms with Gasteiger partial charge in [-0.25, -0.2) is 9.78 Å². The lowest BCUT2D eigenvalue weighted by molar-refractivity contribution is 0.0468. The van der Waals surface area contributed by atoms with Gasteiger partial charge in [-0.15, -0.1) is 12.4 Å². The Bertz CT molecular complexity index is 714. The molecule has 0 saturated heterocycles. The van der Waals surface area contributed by atoms with Gasteiger partial charge >= 0.3 is 5.97 Å². The zero-order chi connectivity index (χ0) is 16.8. The quantitative estimate of drug-likeness (QED) is 0.566. The second-order valence-electron chi connectivity index (χ2n) is 5.29. The van der Waals surface area contributed by atoms with Gasteiger partial charge in [0, 0.05) is 18.9 Å². The molecule has 0 bridgehead atoms. The van der Waals surface area contributed by atoms with Gasteiger partial charge in [-0.1, -0.05) is 32.0 Å². The van der Waals surface area contributed by atoms with Crippen molar-refractivity contribution < 1.29 is 14.3 Å².